The average molecular weight is 326 g/mol. The van der Waals surface area contributed by atoms with E-state index in [1.165, 1.54) is 0 Å². The lowest BCUT2D eigenvalue weighted by atomic mass is 9.79. The number of thiocarbonyl (C=S) groups is 1. The van der Waals surface area contributed by atoms with E-state index in [-0.39, 0.29) is 11.9 Å². The van der Waals surface area contributed by atoms with Gasteiger partial charge >= 0.3 is 0 Å². The molecule has 5 nitrogen and oxygen atoms in total. The molecule has 112 valence electrons. The van der Waals surface area contributed by atoms with Gasteiger partial charge in [-0.05, 0) is 37.3 Å². The van der Waals surface area contributed by atoms with Gasteiger partial charge in [-0.2, -0.15) is 0 Å². The van der Waals surface area contributed by atoms with Gasteiger partial charge in [0.25, 0.3) is 0 Å². The highest BCUT2D eigenvalue weighted by atomic mass is 35.5. The Morgan fingerprint density at radius 1 is 1.48 bits per heavy atom. The predicted octanol–water partition coefficient (Wildman–Crippen LogP) is 1.67. The molecule has 2 aliphatic heterocycles. The highest BCUT2D eigenvalue weighted by Gasteiger charge is 2.55. The smallest absolute Gasteiger partial charge is 0.233 e. The number of carbonyl (C=O) groups excluding carboxylic acids is 1. The molecule has 0 radical (unpaired) electrons. The van der Waals surface area contributed by atoms with Crippen LogP contribution in [-0.4, -0.2) is 35.7 Å². The van der Waals surface area contributed by atoms with Crippen molar-refractivity contribution >= 4 is 34.8 Å². The summed E-state index contributed by atoms with van der Waals surface area (Å²) in [5.74, 6) is 0.234. The minimum absolute atomic E-state index is 0.0318. The number of ether oxygens (including phenoxy) is 1. The van der Waals surface area contributed by atoms with Crippen LogP contribution in [0, 0.1) is 5.92 Å². The molecule has 2 heterocycles. The summed E-state index contributed by atoms with van der Waals surface area (Å²) >= 11 is 11.3. The summed E-state index contributed by atoms with van der Waals surface area (Å²) in [7, 11) is 3.46. The molecule has 0 aromatic heterocycles. The zero-order chi connectivity index (χ0) is 15.4. The SMILES string of the molecule is CN(C)C(=O)C1C2NC(=S)NC1(C)Oc1ccc(Cl)cc12. The van der Waals surface area contributed by atoms with E-state index in [1.807, 2.05) is 19.1 Å². The molecule has 1 aromatic carbocycles. The van der Waals surface area contributed by atoms with Crippen LogP contribution in [0.3, 0.4) is 0 Å². The molecular formula is C14H16ClN3O2S. The van der Waals surface area contributed by atoms with Gasteiger partial charge < -0.3 is 20.3 Å². The Morgan fingerprint density at radius 3 is 2.86 bits per heavy atom. The van der Waals surface area contributed by atoms with E-state index in [2.05, 4.69) is 10.6 Å². The van der Waals surface area contributed by atoms with Crippen molar-refractivity contribution in [1.82, 2.24) is 15.5 Å². The predicted molar refractivity (Wildman–Crippen MR) is 84.3 cm³/mol. The third-order valence-electron chi connectivity index (χ3n) is 3.91. The second-order valence-corrected chi connectivity index (χ2v) is 6.52. The normalized spacial score (nSPS) is 29.6. The fraction of sp³-hybridized carbons (Fsp3) is 0.429. The zero-order valence-corrected chi connectivity index (χ0v) is 13.5. The second kappa shape index (κ2) is 4.74. The van der Waals surface area contributed by atoms with Crippen molar-refractivity contribution in [3.8, 4) is 5.75 Å². The summed E-state index contributed by atoms with van der Waals surface area (Å²) in [4.78, 5) is 14.2. The summed E-state index contributed by atoms with van der Waals surface area (Å²) < 4.78 is 6.05. The van der Waals surface area contributed by atoms with Gasteiger partial charge in [0.15, 0.2) is 10.8 Å². The van der Waals surface area contributed by atoms with E-state index in [0.29, 0.717) is 15.9 Å². The fourth-order valence-electron chi connectivity index (χ4n) is 2.97. The first kappa shape index (κ1) is 14.4. The lowest BCUT2D eigenvalue weighted by Gasteiger charge is -2.51. The van der Waals surface area contributed by atoms with Crippen LogP contribution < -0.4 is 15.4 Å². The van der Waals surface area contributed by atoms with E-state index >= 15 is 0 Å². The molecule has 1 amide bonds. The van der Waals surface area contributed by atoms with Crippen molar-refractivity contribution in [3.63, 3.8) is 0 Å². The molecule has 1 saturated heterocycles. The van der Waals surface area contributed by atoms with E-state index in [1.54, 1.807) is 25.1 Å². The Balaban J connectivity index is 2.15. The van der Waals surface area contributed by atoms with E-state index < -0.39 is 11.6 Å². The van der Waals surface area contributed by atoms with Crippen molar-refractivity contribution in [2.75, 3.05) is 14.1 Å². The van der Waals surface area contributed by atoms with Gasteiger partial charge in [0.2, 0.25) is 5.91 Å². The third-order valence-corrected chi connectivity index (χ3v) is 4.37. The number of rotatable bonds is 1. The number of amides is 1. The lowest BCUT2D eigenvalue weighted by molar-refractivity contribution is -0.146. The lowest BCUT2D eigenvalue weighted by Crippen LogP contribution is -2.70. The number of fused-ring (bicyclic) bond motifs is 4. The van der Waals surface area contributed by atoms with Gasteiger partial charge in [-0.1, -0.05) is 11.6 Å². The standard InChI is InChI=1S/C14H16ClN3O2S/c1-14-10(12(19)18(2)3)11(16-13(21)17-14)8-6-7(15)4-5-9(8)20-14/h4-6,10-11H,1-3H3,(H2,16,17,21). The van der Waals surface area contributed by atoms with E-state index in [4.69, 9.17) is 28.6 Å². The highest BCUT2D eigenvalue weighted by Crippen LogP contribution is 2.45. The number of nitrogens with one attached hydrogen (secondary N) is 2. The zero-order valence-electron chi connectivity index (χ0n) is 11.9. The highest BCUT2D eigenvalue weighted by molar-refractivity contribution is 7.80. The van der Waals surface area contributed by atoms with Crippen LogP contribution in [0.25, 0.3) is 0 Å². The molecule has 3 unspecified atom stereocenters. The first-order valence-corrected chi connectivity index (χ1v) is 7.39. The Labute approximate surface area is 133 Å². The monoisotopic (exact) mass is 325 g/mol. The van der Waals surface area contributed by atoms with Crippen molar-refractivity contribution in [1.29, 1.82) is 0 Å². The molecule has 3 rings (SSSR count). The number of carbonyl (C=O) groups is 1. The molecular weight excluding hydrogens is 310 g/mol. The van der Waals surface area contributed by atoms with Crippen LogP contribution in [0.5, 0.6) is 5.75 Å². The van der Waals surface area contributed by atoms with Gasteiger partial charge in [0.1, 0.15) is 11.7 Å². The van der Waals surface area contributed by atoms with E-state index in [9.17, 15) is 4.79 Å². The first-order valence-electron chi connectivity index (χ1n) is 6.60. The van der Waals surface area contributed by atoms with Crippen LogP contribution in [0.15, 0.2) is 18.2 Å². The summed E-state index contributed by atoms with van der Waals surface area (Å²) in [5.41, 5.74) is -0.0288. The van der Waals surface area contributed by atoms with Gasteiger partial charge in [-0.15, -0.1) is 0 Å². The van der Waals surface area contributed by atoms with Crippen molar-refractivity contribution < 1.29 is 9.53 Å². The average Bonchev–Trinajstić information content (AvgIpc) is 2.37. The second-order valence-electron chi connectivity index (χ2n) is 5.68. The molecule has 2 bridgehead atoms. The Hall–Kier alpha value is -1.53. The maximum absolute atomic E-state index is 12.6. The first-order chi connectivity index (χ1) is 9.82. The Bertz CT molecular complexity index is 637. The summed E-state index contributed by atoms with van der Waals surface area (Å²) in [6.45, 7) is 1.84. The fourth-order valence-corrected chi connectivity index (χ4v) is 3.48. The number of nitrogens with zero attached hydrogens (tertiary/aromatic N) is 1. The molecule has 0 aliphatic carbocycles. The van der Waals surface area contributed by atoms with E-state index in [0.717, 1.165) is 5.56 Å². The third kappa shape index (κ3) is 2.22. The molecule has 3 atom stereocenters. The largest absolute Gasteiger partial charge is 0.467 e. The van der Waals surface area contributed by atoms with Crippen molar-refractivity contribution in [3.05, 3.63) is 28.8 Å². The van der Waals surface area contributed by atoms with Crippen LogP contribution in [0.2, 0.25) is 5.02 Å². The van der Waals surface area contributed by atoms with Crippen LogP contribution in [0.4, 0.5) is 0 Å². The number of halogens is 1. The van der Waals surface area contributed by atoms with Crippen molar-refractivity contribution in [2.24, 2.45) is 5.92 Å². The summed E-state index contributed by atoms with van der Waals surface area (Å²) in [6, 6.07) is 5.14. The van der Waals surface area contributed by atoms with Crippen LogP contribution in [0.1, 0.15) is 18.5 Å². The maximum Gasteiger partial charge on any atom is 0.233 e. The molecule has 0 saturated carbocycles. The van der Waals surface area contributed by atoms with Gasteiger partial charge in [0.05, 0.1) is 6.04 Å². The number of benzene rings is 1. The number of hydrogen-bond donors (Lipinski definition) is 2. The Kier molecular flexibility index (Phi) is 3.26. The summed E-state index contributed by atoms with van der Waals surface area (Å²) in [6.07, 6.45) is 0. The molecule has 0 spiro atoms. The van der Waals surface area contributed by atoms with Gasteiger partial charge in [-0.3, -0.25) is 4.79 Å². The van der Waals surface area contributed by atoms with Gasteiger partial charge in [0, 0.05) is 24.7 Å². The molecule has 7 heteroatoms. The topological polar surface area (TPSA) is 53.6 Å². The molecule has 2 aliphatic rings. The quantitative estimate of drug-likeness (QED) is 0.769. The Morgan fingerprint density at radius 2 is 2.19 bits per heavy atom. The number of hydrogen-bond acceptors (Lipinski definition) is 3. The van der Waals surface area contributed by atoms with Crippen molar-refractivity contribution in [2.45, 2.75) is 18.7 Å². The van der Waals surface area contributed by atoms with Crippen LogP contribution in [-0.2, 0) is 4.79 Å². The minimum atomic E-state index is -0.880. The minimum Gasteiger partial charge on any atom is -0.467 e. The molecule has 2 N–H and O–H groups in total. The molecule has 21 heavy (non-hydrogen) atoms. The molecule has 1 aromatic rings. The maximum atomic E-state index is 12.6. The molecule has 1 fully saturated rings. The van der Waals surface area contributed by atoms with Crippen LogP contribution >= 0.6 is 23.8 Å². The summed E-state index contributed by atoms with van der Waals surface area (Å²) in [5, 5.41) is 7.33. The van der Waals surface area contributed by atoms with Gasteiger partial charge in [-0.25, -0.2) is 0 Å².